The van der Waals surface area contributed by atoms with Crippen LogP contribution < -0.4 is 0 Å². The molecule has 0 aliphatic heterocycles. The maximum Gasteiger partial charge on any atom is 0.235 e. The Morgan fingerprint density at radius 2 is 1.95 bits per heavy atom. The van der Waals surface area contributed by atoms with Gasteiger partial charge in [-0.1, -0.05) is 23.5 Å². The predicted octanol–water partition coefficient (Wildman–Crippen LogP) is 3.86. The molecular formula is C13H6F2N4S2. The van der Waals surface area contributed by atoms with Crippen LogP contribution in [0.3, 0.4) is 0 Å². The Kier molecular flexibility index (Phi) is 2.79. The van der Waals surface area contributed by atoms with Crippen LogP contribution in [0.4, 0.5) is 8.78 Å². The van der Waals surface area contributed by atoms with E-state index in [1.165, 1.54) is 28.0 Å². The van der Waals surface area contributed by atoms with E-state index in [1.54, 1.807) is 11.3 Å². The van der Waals surface area contributed by atoms with Crippen molar-refractivity contribution < 1.29 is 8.78 Å². The average molecular weight is 320 g/mol. The number of hydrogen-bond donors (Lipinski definition) is 0. The molecular weight excluding hydrogens is 314 g/mol. The van der Waals surface area contributed by atoms with Gasteiger partial charge < -0.3 is 0 Å². The standard InChI is InChI=1S/C13H6F2N4S2/c14-8-4-1-3-7(10(8)15)11-16-17-13-19(11)18-12(21-13)9-5-2-6-20-9/h1-6H. The van der Waals surface area contributed by atoms with Gasteiger partial charge in [-0.25, -0.2) is 8.78 Å². The van der Waals surface area contributed by atoms with Gasteiger partial charge >= 0.3 is 0 Å². The minimum atomic E-state index is -0.947. The minimum absolute atomic E-state index is 0.0468. The van der Waals surface area contributed by atoms with Crippen LogP contribution in [-0.4, -0.2) is 19.8 Å². The van der Waals surface area contributed by atoms with Crippen LogP contribution in [0.15, 0.2) is 35.7 Å². The molecule has 0 N–H and O–H groups in total. The predicted molar refractivity (Wildman–Crippen MR) is 77.3 cm³/mol. The summed E-state index contributed by atoms with van der Waals surface area (Å²) in [7, 11) is 0. The Labute approximate surface area is 125 Å². The number of hydrogen-bond acceptors (Lipinski definition) is 5. The first-order valence-corrected chi connectivity index (χ1v) is 7.64. The van der Waals surface area contributed by atoms with Crippen molar-refractivity contribution in [2.45, 2.75) is 0 Å². The quantitative estimate of drug-likeness (QED) is 0.563. The van der Waals surface area contributed by atoms with E-state index >= 15 is 0 Å². The zero-order chi connectivity index (χ0) is 14.4. The van der Waals surface area contributed by atoms with Crippen molar-refractivity contribution in [3.63, 3.8) is 0 Å². The van der Waals surface area contributed by atoms with Crippen LogP contribution in [0.2, 0.25) is 0 Å². The van der Waals surface area contributed by atoms with Crippen LogP contribution in [0.25, 0.3) is 26.2 Å². The Bertz CT molecular complexity index is 927. The molecule has 0 spiro atoms. The number of halogens is 2. The number of nitrogens with zero attached hydrogens (tertiary/aromatic N) is 4. The lowest BCUT2D eigenvalue weighted by molar-refractivity contribution is 0.510. The van der Waals surface area contributed by atoms with Gasteiger partial charge in [0.25, 0.3) is 0 Å². The molecule has 3 aromatic heterocycles. The highest BCUT2D eigenvalue weighted by Gasteiger charge is 2.19. The lowest BCUT2D eigenvalue weighted by atomic mass is 10.2. The molecule has 0 aliphatic carbocycles. The van der Waals surface area contributed by atoms with Gasteiger partial charge in [0.05, 0.1) is 10.4 Å². The summed E-state index contributed by atoms with van der Waals surface area (Å²) in [6, 6.07) is 7.82. The molecule has 0 aliphatic rings. The first-order chi connectivity index (χ1) is 10.2. The Morgan fingerprint density at radius 3 is 2.76 bits per heavy atom. The van der Waals surface area contributed by atoms with Crippen molar-refractivity contribution in [2.24, 2.45) is 0 Å². The van der Waals surface area contributed by atoms with E-state index in [-0.39, 0.29) is 11.4 Å². The highest BCUT2D eigenvalue weighted by atomic mass is 32.1. The topological polar surface area (TPSA) is 43.1 Å². The second-order valence-corrected chi connectivity index (χ2v) is 6.11. The van der Waals surface area contributed by atoms with Gasteiger partial charge in [0.2, 0.25) is 4.96 Å². The Hall–Kier alpha value is -2.19. The number of benzene rings is 1. The van der Waals surface area contributed by atoms with Crippen molar-refractivity contribution in [3.8, 4) is 21.3 Å². The summed E-state index contributed by atoms with van der Waals surface area (Å²) in [5.41, 5.74) is 0.0468. The molecule has 104 valence electrons. The third-order valence-corrected chi connectivity index (χ3v) is 4.85. The molecule has 0 radical (unpaired) electrons. The monoisotopic (exact) mass is 320 g/mol. The van der Waals surface area contributed by atoms with Gasteiger partial charge in [-0.2, -0.15) is 9.61 Å². The summed E-state index contributed by atoms with van der Waals surface area (Å²) in [5, 5.41) is 15.0. The number of rotatable bonds is 2. The summed E-state index contributed by atoms with van der Waals surface area (Å²) < 4.78 is 28.7. The summed E-state index contributed by atoms with van der Waals surface area (Å²) in [6.45, 7) is 0. The van der Waals surface area contributed by atoms with E-state index in [4.69, 9.17) is 0 Å². The van der Waals surface area contributed by atoms with Crippen LogP contribution >= 0.6 is 22.7 Å². The fourth-order valence-electron chi connectivity index (χ4n) is 1.96. The number of fused-ring (bicyclic) bond motifs is 1. The van der Waals surface area contributed by atoms with Gasteiger partial charge in [-0.05, 0) is 23.6 Å². The molecule has 4 rings (SSSR count). The zero-order valence-corrected chi connectivity index (χ0v) is 12.0. The van der Waals surface area contributed by atoms with Gasteiger partial charge in [-0.3, -0.25) is 0 Å². The highest BCUT2D eigenvalue weighted by molar-refractivity contribution is 7.23. The lowest BCUT2D eigenvalue weighted by Crippen LogP contribution is -1.95. The molecule has 0 bridgehead atoms. The molecule has 4 nitrogen and oxygen atoms in total. The van der Waals surface area contributed by atoms with E-state index < -0.39 is 11.6 Å². The molecule has 3 heterocycles. The summed E-state index contributed by atoms with van der Waals surface area (Å²) in [6.07, 6.45) is 0. The SMILES string of the molecule is Fc1cccc(-c2nnc3sc(-c4cccs4)nn23)c1F. The molecule has 21 heavy (non-hydrogen) atoms. The molecule has 0 fully saturated rings. The Balaban J connectivity index is 1.92. The first kappa shape index (κ1) is 12.5. The van der Waals surface area contributed by atoms with Gasteiger partial charge in [-0.15, -0.1) is 21.5 Å². The highest BCUT2D eigenvalue weighted by Crippen LogP contribution is 2.31. The smallest absolute Gasteiger partial charge is 0.204 e. The fourth-order valence-corrected chi connectivity index (χ4v) is 3.59. The van der Waals surface area contributed by atoms with Crippen LogP contribution in [0.5, 0.6) is 0 Å². The van der Waals surface area contributed by atoms with E-state index in [2.05, 4.69) is 15.3 Å². The van der Waals surface area contributed by atoms with Crippen molar-refractivity contribution >= 4 is 27.6 Å². The summed E-state index contributed by atoms with van der Waals surface area (Å²) in [5.74, 6) is -1.67. The molecule has 0 saturated carbocycles. The van der Waals surface area contributed by atoms with Crippen molar-refractivity contribution in [2.75, 3.05) is 0 Å². The second kappa shape index (κ2) is 4.68. The molecule has 0 amide bonds. The van der Waals surface area contributed by atoms with Crippen LogP contribution in [-0.2, 0) is 0 Å². The van der Waals surface area contributed by atoms with Gasteiger partial charge in [0.15, 0.2) is 22.5 Å². The van der Waals surface area contributed by atoms with Gasteiger partial charge in [0, 0.05) is 0 Å². The lowest BCUT2D eigenvalue weighted by Gasteiger charge is -1.99. The maximum absolute atomic E-state index is 13.9. The van der Waals surface area contributed by atoms with Gasteiger partial charge in [0.1, 0.15) is 0 Å². The summed E-state index contributed by atoms with van der Waals surface area (Å²) in [4.78, 5) is 1.54. The molecule has 0 unspecified atom stereocenters. The average Bonchev–Trinajstić information content (AvgIpc) is 3.16. The van der Waals surface area contributed by atoms with Crippen molar-refractivity contribution in [3.05, 3.63) is 47.3 Å². The normalized spacial score (nSPS) is 11.3. The third kappa shape index (κ3) is 1.95. The Morgan fingerprint density at radius 1 is 1.05 bits per heavy atom. The van der Waals surface area contributed by atoms with Crippen LogP contribution in [0.1, 0.15) is 0 Å². The minimum Gasteiger partial charge on any atom is -0.204 e. The van der Waals surface area contributed by atoms with Crippen molar-refractivity contribution in [1.29, 1.82) is 0 Å². The van der Waals surface area contributed by atoms with Crippen molar-refractivity contribution in [1.82, 2.24) is 19.8 Å². The third-order valence-electron chi connectivity index (χ3n) is 2.92. The second-order valence-electron chi connectivity index (χ2n) is 4.20. The largest absolute Gasteiger partial charge is 0.235 e. The first-order valence-electron chi connectivity index (χ1n) is 5.94. The molecule has 1 aromatic carbocycles. The fraction of sp³-hybridized carbons (Fsp3) is 0. The van der Waals surface area contributed by atoms with E-state index in [0.29, 0.717) is 4.96 Å². The summed E-state index contributed by atoms with van der Waals surface area (Å²) >= 11 is 2.91. The molecule has 0 atom stereocenters. The van der Waals surface area contributed by atoms with Crippen LogP contribution in [0, 0.1) is 11.6 Å². The van der Waals surface area contributed by atoms with E-state index in [0.717, 1.165) is 16.0 Å². The molecule has 0 saturated heterocycles. The number of thiophene rings is 1. The zero-order valence-electron chi connectivity index (χ0n) is 10.3. The molecule has 8 heteroatoms. The maximum atomic E-state index is 13.9. The van der Waals surface area contributed by atoms with E-state index in [9.17, 15) is 8.78 Å². The molecule has 4 aromatic rings. The van der Waals surface area contributed by atoms with E-state index in [1.807, 2.05) is 17.5 Å². The number of aromatic nitrogens is 4.